The minimum atomic E-state index is -0.401. The Morgan fingerprint density at radius 2 is 1.10 bits per heavy atom. The summed E-state index contributed by atoms with van der Waals surface area (Å²) in [6, 6.07) is 52.7. The smallest absolute Gasteiger partial charge is 0.145 e. The Balaban J connectivity index is 0.975. The van der Waals surface area contributed by atoms with Gasteiger partial charge in [0.05, 0.1) is 28.2 Å². The number of hydrogen-bond donors (Lipinski definition) is 2. The van der Waals surface area contributed by atoms with Crippen LogP contribution >= 0.6 is 0 Å². The highest BCUT2D eigenvalue weighted by Gasteiger charge is 2.53. The molecule has 4 nitrogen and oxygen atoms in total. The van der Waals surface area contributed by atoms with Gasteiger partial charge in [0.25, 0.3) is 0 Å². The Bertz CT molecular complexity index is 2590. The highest BCUT2D eigenvalue weighted by atomic mass is 15.1. The third kappa shape index (κ3) is 3.57. The highest BCUT2D eigenvalue weighted by Crippen LogP contribution is 2.61. The molecule has 2 unspecified atom stereocenters. The van der Waals surface area contributed by atoms with Crippen LogP contribution in [-0.4, -0.2) is 10.8 Å². The van der Waals surface area contributed by atoms with Gasteiger partial charge in [0.15, 0.2) is 0 Å². The van der Waals surface area contributed by atoms with Crippen LogP contribution in [0, 0.1) is 0 Å². The van der Waals surface area contributed by atoms with Crippen LogP contribution in [0.15, 0.2) is 175 Å². The third-order valence-corrected chi connectivity index (χ3v) is 11.2. The molecule has 0 fully saturated rings. The molecular formula is C46H32N4. The molecule has 3 heterocycles. The summed E-state index contributed by atoms with van der Waals surface area (Å²) >= 11 is 0. The summed E-state index contributed by atoms with van der Waals surface area (Å²) in [5.74, 6) is 0. The average Bonchev–Trinajstić information content (AvgIpc) is 3.80. The number of para-hydroxylation sites is 2. The maximum absolute atomic E-state index is 5.30. The zero-order chi connectivity index (χ0) is 32.8. The predicted molar refractivity (Wildman–Crippen MR) is 205 cm³/mol. The summed E-state index contributed by atoms with van der Waals surface area (Å²) in [7, 11) is 0. The fraction of sp³-hybridized carbons (Fsp3) is 0.0652. The first-order chi connectivity index (χ1) is 24.8. The number of dihydropyridines is 1. The number of allylic oxidation sites excluding steroid dienone is 3. The van der Waals surface area contributed by atoms with E-state index in [1.54, 1.807) is 0 Å². The average molecular weight is 641 g/mol. The number of aliphatic imine (C=N–C) groups is 1. The van der Waals surface area contributed by atoms with E-state index in [9.17, 15) is 0 Å². The Hall–Kier alpha value is -6.39. The lowest BCUT2D eigenvalue weighted by Crippen LogP contribution is -2.31. The number of hydrogen-bond acceptors (Lipinski definition) is 3. The minimum Gasteiger partial charge on any atom is -0.379 e. The largest absolute Gasteiger partial charge is 0.379 e. The number of benzene rings is 6. The molecule has 0 radical (unpaired) electrons. The van der Waals surface area contributed by atoms with E-state index in [-0.39, 0.29) is 12.2 Å². The van der Waals surface area contributed by atoms with Crippen LogP contribution in [0.2, 0.25) is 0 Å². The van der Waals surface area contributed by atoms with Crippen LogP contribution in [0.4, 0.5) is 0 Å². The van der Waals surface area contributed by atoms with Gasteiger partial charge in [-0.2, -0.15) is 0 Å². The first-order valence-electron chi connectivity index (χ1n) is 17.4. The van der Waals surface area contributed by atoms with Crippen LogP contribution in [0.5, 0.6) is 0 Å². The van der Waals surface area contributed by atoms with Crippen molar-refractivity contribution in [2.24, 2.45) is 4.99 Å². The van der Waals surface area contributed by atoms with Crippen LogP contribution in [0.3, 0.4) is 0 Å². The zero-order valence-electron chi connectivity index (χ0n) is 27.2. The fourth-order valence-corrected chi connectivity index (χ4v) is 9.17. The van der Waals surface area contributed by atoms with Gasteiger partial charge in [-0.1, -0.05) is 140 Å². The maximum atomic E-state index is 5.30. The van der Waals surface area contributed by atoms with Gasteiger partial charge >= 0.3 is 0 Å². The van der Waals surface area contributed by atoms with Gasteiger partial charge in [-0.05, 0) is 51.6 Å². The lowest BCUT2D eigenvalue weighted by molar-refractivity contribution is 0.634. The summed E-state index contributed by atoms with van der Waals surface area (Å²) in [6.45, 7) is 0. The molecule has 2 N–H and O–H groups in total. The Morgan fingerprint density at radius 3 is 1.74 bits per heavy atom. The Labute approximate surface area is 290 Å². The zero-order valence-corrected chi connectivity index (χ0v) is 27.2. The Kier molecular flexibility index (Phi) is 5.68. The van der Waals surface area contributed by atoms with E-state index in [1.165, 1.54) is 72.0 Å². The molecule has 236 valence electrons. The van der Waals surface area contributed by atoms with Gasteiger partial charge in [0, 0.05) is 45.6 Å². The number of nitrogens with one attached hydrogen (secondary N) is 2. The lowest BCUT2D eigenvalue weighted by Gasteiger charge is -2.33. The lowest BCUT2D eigenvalue weighted by atomic mass is 9.70. The normalized spacial score (nSPS) is 19.2. The van der Waals surface area contributed by atoms with E-state index in [0.717, 1.165) is 11.3 Å². The molecule has 11 rings (SSSR count). The van der Waals surface area contributed by atoms with Crippen LogP contribution in [0.25, 0.3) is 44.3 Å². The summed E-state index contributed by atoms with van der Waals surface area (Å²) in [4.78, 5) is 5.30. The summed E-state index contributed by atoms with van der Waals surface area (Å²) < 4.78 is 2.35. The molecule has 6 aromatic carbocycles. The summed E-state index contributed by atoms with van der Waals surface area (Å²) in [6.07, 6.45) is 8.63. The van der Waals surface area contributed by atoms with E-state index < -0.39 is 5.41 Å². The van der Waals surface area contributed by atoms with E-state index in [1.807, 2.05) is 0 Å². The topological polar surface area (TPSA) is 41.4 Å². The molecule has 7 aromatic rings. The second-order valence-electron chi connectivity index (χ2n) is 13.6. The van der Waals surface area contributed by atoms with Gasteiger partial charge in [-0.15, -0.1) is 0 Å². The van der Waals surface area contributed by atoms with Crippen molar-refractivity contribution >= 4 is 39.4 Å². The highest BCUT2D eigenvalue weighted by molar-refractivity contribution is 6.10. The standard InChI is InChI=1S/C46H32N4/c1-2-18-35(32(15-1)41-26-25-29(27-47-41)50-42-23-11-6-16-33(42)34-17-7-12-24-43(34)50)45-48-28-40-44(49-45)36-19-5-10-22-39(36)46(40)37-20-8-3-13-30(37)31-14-4-9-21-38(31)46/h1-28,41,45,47,49H. The molecule has 2 atom stereocenters. The molecule has 50 heavy (non-hydrogen) atoms. The molecule has 1 aromatic heterocycles. The van der Waals surface area contributed by atoms with Gasteiger partial charge in [0.2, 0.25) is 0 Å². The molecule has 2 aliphatic carbocycles. The third-order valence-electron chi connectivity index (χ3n) is 11.2. The molecule has 1 spiro atoms. The van der Waals surface area contributed by atoms with Crippen molar-refractivity contribution in [3.63, 3.8) is 0 Å². The van der Waals surface area contributed by atoms with Crippen molar-refractivity contribution in [3.05, 3.63) is 203 Å². The second kappa shape index (κ2) is 10.3. The van der Waals surface area contributed by atoms with E-state index >= 15 is 0 Å². The summed E-state index contributed by atoms with van der Waals surface area (Å²) in [5.41, 5.74) is 15.7. The van der Waals surface area contributed by atoms with E-state index in [0.29, 0.717) is 0 Å². The molecule has 4 heteroatoms. The van der Waals surface area contributed by atoms with Crippen molar-refractivity contribution in [2.45, 2.75) is 17.6 Å². The van der Waals surface area contributed by atoms with E-state index in [4.69, 9.17) is 4.99 Å². The number of nitrogens with zero attached hydrogens (tertiary/aromatic N) is 2. The molecule has 0 saturated carbocycles. The van der Waals surface area contributed by atoms with Crippen LogP contribution in [-0.2, 0) is 5.41 Å². The molecule has 0 bridgehead atoms. The van der Waals surface area contributed by atoms with E-state index in [2.05, 4.69) is 185 Å². The van der Waals surface area contributed by atoms with Crippen molar-refractivity contribution in [3.8, 4) is 11.1 Å². The maximum Gasteiger partial charge on any atom is 0.145 e. The van der Waals surface area contributed by atoms with Gasteiger partial charge < -0.3 is 15.2 Å². The SMILES string of the molecule is C1=CC(c2ccccc2C2N=CC3=C(N2)c2ccccc2C32c3ccccc3-c3ccccc32)NC=C1n1c2ccccc2c2ccccc21. The molecular weight excluding hydrogens is 609 g/mol. The Morgan fingerprint density at radius 1 is 0.560 bits per heavy atom. The number of rotatable bonds is 3. The minimum absolute atomic E-state index is 0.00575. The number of aromatic nitrogens is 1. The molecule has 0 amide bonds. The first kappa shape index (κ1) is 27.5. The van der Waals surface area contributed by atoms with Gasteiger partial charge in [-0.3, -0.25) is 4.99 Å². The van der Waals surface area contributed by atoms with Crippen molar-refractivity contribution in [1.29, 1.82) is 0 Å². The monoisotopic (exact) mass is 640 g/mol. The number of fused-ring (bicyclic) bond motifs is 12. The predicted octanol–water partition coefficient (Wildman–Crippen LogP) is 9.91. The van der Waals surface area contributed by atoms with Crippen LogP contribution < -0.4 is 10.6 Å². The van der Waals surface area contributed by atoms with Crippen molar-refractivity contribution in [2.75, 3.05) is 0 Å². The molecule has 0 saturated heterocycles. The molecule has 2 aliphatic heterocycles. The van der Waals surface area contributed by atoms with Crippen LogP contribution in [0.1, 0.15) is 45.6 Å². The van der Waals surface area contributed by atoms with Gasteiger partial charge in [-0.25, -0.2) is 0 Å². The van der Waals surface area contributed by atoms with Gasteiger partial charge in [0.1, 0.15) is 6.17 Å². The second-order valence-corrected chi connectivity index (χ2v) is 13.6. The first-order valence-corrected chi connectivity index (χ1v) is 17.4. The fourth-order valence-electron chi connectivity index (χ4n) is 9.17. The quantitative estimate of drug-likeness (QED) is 0.202. The molecule has 4 aliphatic rings. The van der Waals surface area contributed by atoms with Crippen molar-refractivity contribution < 1.29 is 0 Å². The summed E-state index contributed by atoms with van der Waals surface area (Å²) in [5, 5.41) is 10.2. The van der Waals surface area contributed by atoms with Crippen molar-refractivity contribution in [1.82, 2.24) is 15.2 Å².